The van der Waals surface area contributed by atoms with Crippen LogP contribution < -0.4 is 56.5 Å². The predicted molar refractivity (Wildman–Crippen MR) is 14.8 cm³/mol. The zero-order valence-corrected chi connectivity index (χ0v) is 6.63. The molecule has 0 N–H and O–H groups in total. The molecule has 0 radical (unpaired) electrons. The van der Waals surface area contributed by atoms with Gasteiger partial charge in [0.2, 0.25) is 0 Å². The molecule has 0 heterocycles. The van der Waals surface area contributed by atoms with E-state index in [9.17, 15) is 0 Å². The molecule has 0 saturated heterocycles. The Bertz CT molecular complexity index is 73.4. The van der Waals surface area contributed by atoms with Crippen molar-refractivity contribution >= 4 is 0 Å². The summed E-state index contributed by atoms with van der Waals surface area (Å²) in [5.41, 5.74) is 0. The third-order valence-corrected chi connectivity index (χ3v) is 0.143. The van der Waals surface area contributed by atoms with E-state index < -0.39 is 0 Å². The number of hydrogen-bond donors (Lipinski definition) is 0. The largest absolute Gasteiger partial charge is 1.00 e. The SMILES string of the molecule is N#C/C=C/[O-].[K+]. The van der Waals surface area contributed by atoms with Crippen LogP contribution >= 0.6 is 0 Å². The molecule has 0 aliphatic carbocycles. The molecule has 0 aromatic rings. The topological polar surface area (TPSA) is 46.8 Å². The van der Waals surface area contributed by atoms with E-state index >= 15 is 0 Å². The molecule has 0 aromatic heterocycles. The molecule has 0 aliphatic rings. The summed E-state index contributed by atoms with van der Waals surface area (Å²) in [6, 6.07) is 1.52. The normalized spacial score (nSPS) is 6.50. The number of allylic oxidation sites excluding steroid dienone is 1. The first-order valence-corrected chi connectivity index (χ1v) is 1.08. The number of nitrogens with zero attached hydrogens (tertiary/aromatic N) is 1. The molecule has 0 rings (SSSR count). The first-order valence-electron chi connectivity index (χ1n) is 1.08. The Hall–Kier alpha value is 0.666. The van der Waals surface area contributed by atoms with Crippen molar-refractivity contribution in [3.8, 4) is 6.07 Å². The van der Waals surface area contributed by atoms with Crippen molar-refractivity contribution in [3.05, 3.63) is 12.3 Å². The Kier molecular flexibility index (Phi) is 15.0. The minimum atomic E-state index is 0. The molecule has 0 bridgehead atoms. The number of rotatable bonds is 0. The van der Waals surface area contributed by atoms with Crippen LogP contribution in [0.2, 0.25) is 0 Å². The molecule has 0 aromatic carbocycles. The van der Waals surface area contributed by atoms with Crippen molar-refractivity contribution in [2.24, 2.45) is 0 Å². The monoisotopic (exact) mass is 107 g/mol. The Morgan fingerprint density at radius 2 is 2.17 bits per heavy atom. The molecule has 0 spiro atoms. The molecular weight excluding hydrogens is 105 g/mol. The predicted octanol–water partition coefficient (Wildman–Crippen LogP) is -3.61. The van der Waals surface area contributed by atoms with Gasteiger partial charge in [0.1, 0.15) is 0 Å². The van der Waals surface area contributed by atoms with Gasteiger partial charge in [-0.15, -0.1) is 6.26 Å². The third-order valence-electron chi connectivity index (χ3n) is 0.143. The minimum absolute atomic E-state index is 0. The van der Waals surface area contributed by atoms with Gasteiger partial charge in [0, 0.05) is 6.08 Å². The van der Waals surface area contributed by atoms with E-state index in [0.717, 1.165) is 6.08 Å². The van der Waals surface area contributed by atoms with Crippen LogP contribution in [-0.4, -0.2) is 0 Å². The van der Waals surface area contributed by atoms with E-state index in [4.69, 9.17) is 10.4 Å². The van der Waals surface area contributed by atoms with E-state index in [0.29, 0.717) is 6.26 Å². The van der Waals surface area contributed by atoms with Crippen molar-refractivity contribution in [1.82, 2.24) is 0 Å². The molecule has 26 valence electrons. The van der Waals surface area contributed by atoms with Crippen LogP contribution in [-0.2, 0) is 0 Å². The fourth-order valence-corrected chi connectivity index (χ4v) is 0.0304. The van der Waals surface area contributed by atoms with Gasteiger partial charge in [-0.1, -0.05) is 0 Å². The van der Waals surface area contributed by atoms with Crippen molar-refractivity contribution in [1.29, 1.82) is 5.26 Å². The zero-order chi connectivity index (χ0) is 4.12. The summed E-state index contributed by atoms with van der Waals surface area (Å²) in [5, 5.41) is 16.7. The van der Waals surface area contributed by atoms with Gasteiger partial charge in [-0.3, -0.25) is 0 Å². The molecule has 0 fully saturated rings. The van der Waals surface area contributed by atoms with Crippen molar-refractivity contribution in [2.75, 3.05) is 0 Å². The molecule has 6 heavy (non-hydrogen) atoms. The second kappa shape index (κ2) is 9.18. The first kappa shape index (κ1) is 9.83. The van der Waals surface area contributed by atoms with Crippen LogP contribution in [0.25, 0.3) is 0 Å². The Morgan fingerprint density at radius 1 is 1.67 bits per heavy atom. The third kappa shape index (κ3) is 8.82. The molecule has 3 heteroatoms. The van der Waals surface area contributed by atoms with Crippen LogP contribution in [0.1, 0.15) is 0 Å². The van der Waals surface area contributed by atoms with E-state index in [1.807, 2.05) is 0 Å². The molecule has 0 saturated carbocycles. The minimum Gasteiger partial charge on any atom is -0.877 e. The average Bonchev–Trinajstić information content (AvgIpc) is 1.41. The van der Waals surface area contributed by atoms with Crippen molar-refractivity contribution in [2.45, 2.75) is 0 Å². The molecule has 0 amide bonds. The number of nitriles is 1. The maximum Gasteiger partial charge on any atom is 1.00 e. The van der Waals surface area contributed by atoms with E-state index in [1.165, 1.54) is 6.07 Å². The first-order chi connectivity index (χ1) is 2.41. The van der Waals surface area contributed by atoms with E-state index in [1.54, 1.807) is 0 Å². The number of hydrogen-bond acceptors (Lipinski definition) is 2. The van der Waals surface area contributed by atoms with E-state index in [2.05, 4.69) is 0 Å². The molecule has 0 atom stereocenters. The summed E-state index contributed by atoms with van der Waals surface area (Å²) in [4.78, 5) is 0. The molecule has 0 unspecified atom stereocenters. The fourth-order valence-electron chi connectivity index (χ4n) is 0.0304. The van der Waals surface area contributed by atoms with Gasteiger partial charge >= 0.3 is 51.4 Å². The summed E-state index contributed by atoms with van der Waals surface area (Å²) >= 11 is 0. The van der Waals surface area contributed by atoms with Crippen LogP contribution in [0, 0.1) is 11.3 Å². The summed E-state index contributed by atoms with van der Waals surface area (Å²) < 4.78 is 0. The summed E-state index contributed by atoms with van der Waals surface area (Å²) in [7, 11) is 0. The quantitative estimate of drug-likeness (QED) is 0.182. The maximum absolute atomic E-state index is 9.13. The van der Waals surface area contributed by atoms with Crippen molar-refractivity contribution in [3.63, 3.8) is 0 Å². The van der Waals surface area contributed by atoms with Crippen LogP contribution in [0.5, 0.6) is 0 Å². The smallest absolute Gasteiger partial charge is 0.877 e. The Balaban J connectivity index is 0. The van der Waals surface area contributed by atoms with Crippen LogP contribution in [0.3, 0.4) is 0 Å². The van der Waals surface area contributed by atoms with Gasteiger partial charge in [0.15, 0.2) is 0 Å². The van der Waals surface area contributed by atoms with Gasteiger partial charge < -0.3 is 5.11 Å². The Morgan fingerprint density at radius 3 is 2.17 bits per heavy atom. The van der Waals surface area contributed by atoms with Gasteiger partial charge in [0.25, 0.3) is 0 Å². The van der Waals surface area contributed by atoms with E-state index in [-0.39, 0.29) is 51.4 Å². The summed E-state index contributed by atoms with van der Waals surface area (Å²) in [6.45, 7) is 0. The Labute approximate surface area is 78.9 Å². The van der Waals surface area contributed by atoms with Gasteiger partial charge in [-0.2, -0.15) is 5.26 Å². The average molecular weight is 107 g/mol. The van der Waals surface area contributed by atoms with Gasteiger partial charge in [-0.25, -0.2) is 0 Å². The van der Waals surface area contributed by atoms with Crippen LogP contribution in [0.4, 0.5) is 0 Å². The second-order valence-electron chi connectivity index (χ2n) is 0.432. The van der Waals surface area contributed by atoms with Gasteiger partial charge in [0.05, 0.1) is 6.07 Å². The van der Waals surface area contributed by atoms with Crippen LogP contribution in [0.15, 0.2) is 12.3 Å². The molecular formula is C3H2KNO. The zero-order valence-electron chi connectivity index (χ0n) is 3.51. The molecule has 0 aliphatic heterocycles. The maximum atomic E-state index is 9.13. The fraction of sp³-hybridized carbons (Fsp3) is 0. The van der Waals surface area contributed by atoms with Gasteiger partial charge in [-0.05, 0) is 0 Å². The standard InChI is InChI=1S/C3H3NO.K/c4-2-1-3-5;/h1,3,5H;/q;+1/p-1/b3-1+;. The second-order valence-corrected chi connectivity index (χ2v) is 0.432. The summed E-state index contributed by atoms with van der Waals surface area (Å²) in [6.07, 6.45) is 1.32. The molecule has 2 nitrogen and oxygen atoms in total. The summed E-state index contributed by atoms with van der Waals surface area (Å²) in [5.74, 6) is 0. The van der Waals surface area contributed by atoms with Crippen molar-refractivity contribution < 1.29 is 56.5 Å².